The fourth-order valence-electron chi connectivity index (χ4n) is 4.11. The highest BCUT2D eigenvalue weighted by molar-refractivity contribution is 6.01. The fourth-order valence-corrected chi connectivity index (χ4v) is 4.11. The van der Waals surface area contributed by atoms with Gasteiger partial charge in [-0.25, -0.2) is 0 Å². The number of nitrogens with one attached hydrogen (secondary N) is 3. The van der Waals surface area contributed by atoms with Crippen LogP contribution in [0.15, 0.2) is 54.6 Å². The van der Waals surface area contributed by atoms with E-state index in [4.69, 9.17) is 0 Å². The summed E-state index contributed by atoms with van der Waals surface area (Å²) in [6.45, 7) is 1.83. The Morgan fingerprint density at radius 1 is 1.00 bits per heavy atom. The van der Waals surface area contributed by atoms with Gasteiger partial charge in [0.15, 0.2) is 0 Å². The van der Waals surface area contributed by atoms with Crippen LogP contribution < -0.4 is 16.0 Å². The lowest BCUT2D eigenvalue weighted by Crippen LogP contribution is -2.48. The topological polar surface area (TPSA) is 90.5 Å². The van der Waals surface area contributed by atoms with Crippen molar-refractivity contribution in [1.82, 2.24) is 10.2 Å². The second-order valence-electron chi connectivity index (χ2n) is 7.87. The number of para-hydroxylation sites is 2. The van der Waals surface area contributed by atoms with E-state index in [9.17, 15) is 14.4 Å². The summed E-state index contributed by atoms with van der Waals surface area (Å²) in [6.07, 6.45) is 1.73. The zero-order chi connectivity index (χ0) is 20.9. The Bertz CT molecular complexity index is 923. The van der Waals surface area contributed by atoms with Crippen LogP contribution in [0.1, 0.15) is 30.7 Å². The molecule has 1 saturated heterocycles. The number of rotatable bonds is 5. The van der Waals surface area contributed by atoms with E-state index in [0.717, 1.165) is 37.2 Å². The van der Waals surface area contributed by atoms with Crippen LogP contribution in [-0.2, 0) is 14.4 Å². The number of anilines is 2. The van der Waals surface area contributed by atoms with Crippen molar-refractivity contribution in [3.63, 3.8) is 0 Å². The molecular formula is C23H26N4O3. The van der Waals surface area contributed by atoms with Crippen molar-refractivity contribution in [2.75, 3.05) is 30.3 Å². The molecular weight excluding hydrogens is 380 g/mol. The first-order valence-corrected chi connectivity index (χ1v) is 10.3. The average molecular weight is 406 g/mol. The maximum atomic E-state index is 12.9. The third-order valence-corrected chi connectivity index (χ3v) is 5.68. The third kappa shape index (κ3) is 4.86. The summed E-state index contributed by atoms with van der Waals surface area (Å²) in [6, 6.07) is 16.9. The van der Waals surface area contributed by atoms with Crippen LogP contribution in [0, 0.1) is 0 Å². The standard InChI is InChI=1S/C23H26N4O3/c28-21-14-19(18-8-4-5-9-20(18)26-21)23(30)25-17-10-12-27(13-11-17)15-22(29)24-16-6-2-1-3-7-16/h1-9,17,19H,10-15H2,(H,24,29)(H,25,30)(H,26,28)/t19-/m0/s1. The molecule has 2 heterocycles. The summed E-state index contributed by atoms with van der Waals surface area (Å²) in [5.41, 5.74) is 2.37. The molecule has 0 spiro atoms. The first-order valence-electron chi connectivity index (χ1n) is 10.3. The van der Waals surface area contributed by atoms with Gasteiger partial charge in [0.25, 0.3) is 0 Å². The number of likely N-dealkylation sites (tertiary alicyclic amines) is 1. The lowest BCUT2D eigenvalue weighted by atomic mass is 9.89. The predicted molar refractivity (Wildman–Crippen MR) is 115 cm³/mol. The Morgan fingerprint density at radius 2 is 1.70 bits per heavy atom. The number of benzene rings is 2. The van der Waals surface area contributed by atoms with Gasteiger partial charge < -0.3 is 16.0 Å². The lowest BCUT2D eigenvalue weighted by molar-refractivity contribution is -0.127. The molecule has 1 fully saturated rings. The molecule has 7 nitrogen and oxygen atoms in total. The second-order valence-corrected chi connectivity index (χ2v) is 7.87. The van der Waals surface area contributed by atoms with Gasteiger partial charge in [0.2, 0.25) is 17.7 Å². The monoisotopic (exact) mass is 406 g/mol. The third-order valence-electron chi connectivity index (χ3n) is 5.68. The molecule has 2 aromatic carbocycles. The van der Waals surface area contributed by atoms with Crippen LogP contribution in [0.2, 0.25) is 0 Å². The molecule has 0 saturated carbocycles. The zero-order valence-electron chi connectivity index (χ0n) is 16.8. The van der Waals surface area contributed by atoms with E-state index in [-0.39, 0.29) is 30.2 Å². The van der Waals surface area contributed by atoms with E-state index < -0.39 is 5.92 Å². The van der Waals surface area contributed by atoms with Crippen molar-refractivity contribution in [3.05, 3.63) is 60.2 Å². The van der Waals surface area contributed by atoms with Gasteiger partial charge in [-0.2, -0.15) is 0 Å². The molecule has 3 amide bonds. The Kier molecular flexibility index (Phi) is 6.09. The molecule has 7 heteroatoms. The maximum absolute atomic E-state index is 12.9. The van der Waals surface area contributed by atoms with Gasteiger partial charge in [-0.3, -0.25) is 19.3 Å². The van der Waals surface area contributed by atoms with Crippen molar-refractivity contribution in [3.8, 4) is 0 Å². The van der Waals surface area contributed by atoms with Gasteiger partial charge in [-0.15, -0.1) is 0 Å². The summed E-state index contributed by atoms with van der Waals surface area (Å²) >= 11 is 0. The minimum absolute atomic E-state index is 0.0338. The second kappa shape index (κ2) is 9.09. The number of carbonyl (C=O) groups is 3. The summed E-state index contributed by atoms with van der Waals surface area (Å²) in [5.74, 6) is -0.719. The van der Waals surface area contributed by atoms with Crippen LogP contribution in [0.4, 0.5) is 11.4 Å². The minimum Gasteiger partial charge on any atom is -0.353 e. The highest BCUT2D eigenvalue weighted by Crippen LogP contribution is 2.32. The zero-order valence-corrected chi connectivity index (χ0v) is 16.8. The molecule has 0 aromatic heterocycles. The number of hydrogen-bond acceptors (Lipinski definition) is 4. The van der Waals surface area contributed by atoms with Gasteiger partial charge in [-0.05, 0) is 36.6 Å². The number of piperidine rings is 1. The fraction of sp³-hybridized carbons (Fsp3) is 0.348. The molecule has 2 aliphatic heterocycles. The van der Waals surface area contributed by atoms with Gasteiger partial charge in [0, 0.05) is 36.9 Å². The predicted octanol–water partition coefficient (Wildman–Crippen LogP) is 2.33. The first kappa shape index (κ1) is 20.1. The smallest absolute Gasteiger partial charge is 0.238 e. The Morgan fingerprint density at radius 3 is 2.47 bits per heavy atom. The summed E-state index contributed by atoms with van der Waals surface area (Å²) < 4.78 is 0. The van der Waals surface area contributed by atoms with Gasteiger partial charge in [0.05, 0.1) is 12.5 Å². The highest BCUT2D eigenvalue weighted by Gasteiger charge is 2.32. The first-order chi connectivity index (χ1) is 14.6. The van der Waals surface area contributed by atoms with Crippen molar-refractivity contribution in [1.29, 1.82) is 0 Å². The Balaban J connectivity index is 1.26. The molecule has 0 unspecified atom stereocenters. The lowest BCUT2D eigenvalue weighted by Gasteiger charge is -2.33. The molecule has 0 aliphatic carbocycles. The molecule has 0 radical (unpaired) electrons. The molecule has 1 atom stereocenters. The normalized spacial score (nSPS) is 19.5. The van der Waals surface area contributed by atoms with E-state index in [1.165, 1.54) is 0 Å². The van der Waals surface area contributed by atoms with Gasteiger partial charge in [0.1, 0.15) is 0 Å². The Hall–Kier alpha value is -3.19. The van der Waals surface area contributed by atoms with Gasteiger partial charge in [-0.1, -0.05) is 36.4 Å². The largest absolute Gasteiger partial charge is 0.353 e. The average Bonchev–Trinajstić information content (AvgIpc) is 2.75. The number of fused-ring (bicyclic) bond motifs is 1. The van der Waals surface area contributed by atoms with Crippen LogP contribution in [0.5, 0.6) is 0 Å². The van der Waals surface area contributed by atoms with Crippen molar-refractivity contribution in [2.24, 2.45) is 0 Å². The van der Waals surface area contributed by atoms with Crippen molar-refractivity contribution >= 4 is 29.1 Å². The number of amides is 3. The minimum atomic E-state index is -0.454. The molecule has 4 rings (SSSR count). The number of nitrogens with zero attached hydrogens (tertiary/aromatic N) is 1. The molecule has 2 aromatic rings. The summed E-state index contributed by atoms with van der Waals surface area (Å²) in [5, 5.41) is 8.84. The van der Waals surface area contributed by atoms with Crippen LogP contribution in [0.25, 0.3) is 0 Å². The molecule has 30 heavy (non-hydrogen) atoms. The van der Waals surface area contributed by atoms with E-state index in [2.05, 4.69) is 20.9 Å². The molecule has 2 aliphatic rings. The summed E-state index contributed by atoms with van der Waals surface area (Å²) in [4.78, 5) is 39.2. The number of carbonyl (C=O) groups excluding carboxylic acids is 3. The van der Waals surface area contributed by atoms with E-state index in [1.807, 2.05) is 54.6 Å². The van der Waals surface area contributed by atoms with E-state index in [1.54, 1.807) is 0 Å². The highest BCUT2D eigenvalue weighted by atomic mass is 16.2. The number of hydrogen-bond donors (Lipinski definition) is 3. The molecule has 0 bridgehead atoms. The van der Waals surface area contributed by atoms with Crippen molar-refractivity contribution < 1.29 is 14.4 Å². The summed E-state index contributed by atoms with van der Waals surface area (Å²) in [7, 11) is 0. The quantitative estimate of drug-likeness (QED) is 0.711. The SMILES string of the molecule is O=C(CN1CCC(NC(=O)[C@H]2CC(=O)Nc3ccccc32)CC1)Nc1ccccc1. The van der Waals surface area contributed by atoms with Crippen LogP contribution in [0.3, 0.4) is 0 Å². The van der Waals surface area contributed by atoms with Crippen LogP contribution >= 0.6 is 0 Å². The van der Waals surface area contributed by atoms with Crippen LogP contribution in [-0.4, -0.2) is 48.3 Å². The molecule has 156 valence electrons. The maximum Gasteiger partial charge on any atom is 0.238 e. The van der Waals surface area contributed by atoms with Crippen molar-refractivity contribution in [2.45, 2.75) is 31.2 Å². The molecule has 3 N–H and O–H groups in total. The van der Waals surface area contributed by atoms with Gasteiger partial charge >= 0.3 is 0 Å². The van der Waals surface area contributed by atoms with E-state index in [0.29, 0.717) is 12.2 Å². The Labute approximate surface area is 175 Å². The van der Waals surface area contributed by atoms with E-state index >= 15 is 0 Å².